The molecule has 1 aromatic heterocycles. The maximum Gasteiger partial charge on any atom is 0.175 e. The van der Waals surface area contributed by atoms with Crippen LogP contribution in [0, 0.1) is 5.82 Å². The summed E-state index contributed by atoms with van der Waals surface area (Å²) in [5.74, 6) is -0.492. The SMILES string of the molecule is CC(Nc1cc(S(C)(=O)=O)ccc1F)c1cnn(C)c1. The average molecular weight is 297 g/mol. The van der Waals surface area contributed by atoms with Crippen LogP contribution in [0.4, 0.5) is 10.1 Å². The second-order valence-corrected chi connectivity index (χ2v) is 6.74. The third kappa shape index (κ3) is 3.16. The van der Waals surface area contributed by atoms with E-state index in [1.165, 1.54) is 12.1 Å². The average Bonchev–Trinajstić information content (AvgIpc) is 2.77. The summed E-state index contributed by atoms with van der Waals surface area (Å²) in [5.41, 5.74) is 1.04. The van der Waals surface area contributed by atoms with Gasteiger partial charge in [-0.2, -0.15) is 5.10 Å². The van der Waals surface area contributed by atoms with Crippen molar-refractivity contribution in [3.63, 3.8) is 0 Å². The Hall–Kier alpha value is -1.89. The molecule has 0 saturated heterocycles. The Bertz CT molecular complexity index is 725. The van der Waals surface area contributed by atoms with Gasteiger partial charge in [0.2, 0.25) is 0 Å². The number of hydrogen-bond donors (Lipinski definition) is 1. The van der Waals surface area contributed by atoms with Crippen LogP contribution in [0.15, 0.2) is 35.5 Å². The molecule has 0 bridgehead atoms. The highest BCUT2D eigenvalue weighted by molar-refractivity contribution is 7.90. The third-order valence-corrected chi connectivity index (χ3v) is 4.07. The molecule has 1 atom stereocenters. The zero-order valence-electron chi connectivity index (χ0n) is 11.5. The molecule has 108 valence electrons. The van der Waals surface area contributed by atoms with Crippen molar-refractivity contribution in [3.8, 4) is 0 Å². The van der Waals surface area contributed by atoms with E-state index in [2.05, 4.69) is 10.4 Å². The van der Waals surface area contributed by atoms with E-state index in [1.54, 1.807) is 17.9 Å². The van der Waals surface area contributed by atoms with Crippen LogP contribution >= 0.6 is 0 Å². The van der Waals surface area contributed by atoms with Crippen LogP contribution in [0.5, 0.6) is 0 Å². The quantitative estimate of drug-likeness (QED) is 0.878. The van der Waals surface area contributed by atoms with E-state index in [-0.39, 0.29) is 16.6 Å². The summed E-state index contributed by atoms with van der Waals surface area (Å²) in [4.78, 5) is 0.0831. The molecule has 1 aromatic carbocycles. The number of nitrogens with zero attached hydrogens (tertiary/aromatic N) is 2. The number of benzene rings is 1. The van der Waals surface area contributed by atoms with Crippen LogP contribution in [0.1, 0.15) is 18.5 Å². The van der Waals surface area contributed by atoms with Crippen molar-refractivity contribution < 1.29 is 12.8 Å². The lowest BCUT2D eigenvalue weighted by molar-refractivity contribution is 0.600. The molecule has 2 aromatic rings. The van der Waals surface area contributed by atoms with E-state index in [9.17, 15) is 12.8 Å². The summed E-state index contributed by atoms with van der Waals surface area (Å²) in [7, 11) is -1.57. The first-order valence-electron chi connectivity index (χ1n) is 6.02. The molecule has 2 rings (SSSR count). The van der Waals surface area contributed by atoms with E-state index in [1.807, 2.05) is 13.1 Å². The predicted octanol–water partition coefficient (Wildman–Crippen LogP) is 2.14. The molecule has 0 spiro atoms. The van der Waals surface area contributed by atoms with Gasteiger partial charge in [0.05, 0.1) is 22.8 Å². The highest BCUT2D eigenvalue weighted by Crippen LogP contribution is 2.24. The number of anilines is 1. The molecule has 0 saturated carbocycles. The topological polar surface area (TPSA) is 64.0 Å². The van der Waals surface area contributed by atoms with Crippen LogP contribution in [0.2, 0.25) is 0 Å². The Morgan fingerprint density at radius 3 is 2.65 bits per heavy atom. The lowest BCUT2D eigenvalue weighted by Crippen LogP contribution is -2.08. The van der Waals surface area contributed by atoms with Gasteiger partial charge in [0, 0.05) is 25.1 Å². The van der Waals surface area contributed by atoms with Crippen molar-refractivity contribution in [2.75, 3.05) is 11.6 Å². The van der Waals surface area contributed by atoms with Gasteiger partial charge < -0.3 is 5.32 Å². The molecule has 1 heterocycles. The Labute approximate surface area is 117 Å². The number of hydrogen-bond acceptors (Lipinski definition) is 4. The van der Waals surface area contributed by atoms with E-state index in [0.717, 1.165) is 17.9 Å². The zero-order valence-corrected chi connectivity index (χ0v) is 12.3. The molecule has 0 fully saturated rings. The first-order valence-corrected chi connectivity index (χ1v) is 7.91. The highest BCUT2D eigenvalue weighted by Gasteiger charge is 2.14. The summed E-state index contributed by atoms with van der Waals surface area (Å²) in [6.45, 7) is 1.85. The lowest BCUT2D eigenvalue weighted by Gasteiger charge is -2.15. The number of sulfone groups is 1. The summed E-state index contributed by atoms with van der Waals surface area (Å²) < 4.78 is 38.4. The fraction of sp³-hybridized carbons (Fsp3) is 0.308. The van der Waals surface area contributed by atoms with Gasteiger partial charge in [0.25, 0.3) is 0 Å². The van der Waals surface area contributed by atoms with Gasteiger partial charge in [-0.25, -0.2) is 12.8 Å². The smallest absolute Gasteiger partial charge is 0.175 e. The molecule has 0 aliphatic heterocycles. The molecular weight excluding hydrogens is 281 g/mol. The summed E-state index contributed by atoms with van der Waals surface area (Å²) >= 11 is 0. The van der Waals surface area contributed by atoms with Crippen LogP contribution in [0.25, 0.3) is 0 Å². The molecule has 0 aliphatic carbocycles. The first-order chi connectivity index (χ1) is 9.27. The fourth-order valence-electron chi connectivity index (χ4n) is 1.83. The van der Waals surface area contributed by atoms with E-state index in [4.69, 9.17) is 0 Å². The molecule has 0 radical (unpaired) electrons. The zero-order chi connectivity index (χ0) is 14.9. The van der Waals surface area contributed by atoms with Gasteiger partial charge in [-0.05, 0) is 25.1 Å². The second kappa shape index (κ2) is 5.24. The van der Waals surface area contributed by atoms with Gasteiger partial charge in [-0.1, -0.05) is 0 Å². The van der Waals surface area contributed by atoms with Crippen LogP contribution in [-0.2, 0) is 16.9 Å². The molecule has 1 unspecified atom stereocenters. The molecule has 5 nitrogen and oxygen atoms in total. The van der Waals surface area contributed by atoms with Crippen LogP contribution in [-0.4, -0.2) is 24.5 Å². The Balaban J connectivity index is 2.29. The maximum atomic E-state index is 13.8. The van der Waals surface area contributed by atoms with Gasteiger partial charge in [-0.3, -0.25) is 4.68 Å². The second-order valence-electron chi connectivity index (χ2n) is 4.73. The largest absolute Gasteiger partial charge is 0.376 e. The number of aryl methyl sites for hydroxylation is 1. The number of rotatable bonds is 4. The number of halogens is 1. The first kappa shape index (κ1) is 14.5. The molecular formula is C13H16FN3O2S. The van der Waals surface area contributed by atoms with Gasteiger partial charge in [0.1, 0.15) is 5.82 Å². The Kier molecular flexibility index (Phi) is 3.80. The van der Waals surface area contributed by atoms with Gasteiger partial charge in [0.15, 0.2) is 9.84 Å². The molecule has 7 heteroatoms. The van der Waals surface area contributed by atoms with Crippen molar-refractivity contribution in [2.24, 2.45) is 7.05 Å². The van der Waals surface area contributed by atoms with Crippen molar-refractivity contribution in [3.05, 3.63) is 42.0 Å². The third-order valence-electron chi connectivity index (χ3n) is 2.96. The molecule has 0 aliphatic rings. The van der Waals surface area contributed by atoms with E-state index in [0.29, 0.717) is 0 Å². The normalized spacial score (nSPS) is 13.2. The van der Waals surface area contributed by atoms with Crippen molar-refractivity contribution in [1.82, 2.24) is 9.78 Å². The fourth-order valence-corrected chi connectivity index (χ4v) is 2.47. The standard InChI is InChI=1S/C13H16FN3O2S/c1-9(10-7-15-17(2)8-10)16-13-6-11(20(3,18)19)4-5-12(13)14/h4-9,16H,1-3H3. The summed E-state index contributed by atoms with van der Waals surface area (Å²) in [5, 5.41) is 7.01. The lowest BCUT2D eigenvalue weighted by atomic mass is 10.2. The summed E-state index contributed by atoms with van der Waals surface area (Å²) in [6.07, 6.45) is 4.58. The van der Waals surface area contributed by atoms with Crippen molar-refractivity contribution in [1.29, 1.82) is 0 Å². The Morgan fingerprint density at radius 1 is 1.40 bits per heavy atom. The van der Waals surface area contributed by atoms with Crippen LogP contribution in [0.3, 0.4) is 0 Å². The van der Waals surface area contributed by atoms with E-state index < -0.39 is 15.7 Å². The minimum atomic E-state index is -3.36. The summed E-state index contributed by atoms with van der Waals surface area (Å²) in [6, 6.07) is 3.52. The van der Waals surface area contributed by atoms with E-state index >= 15 is 0 Å². The van der Waals surface area contributed by atoms with Crippen molar-refractivity contribution >= 4 is 15.5 Å². The maximum absolute atomic E-state index is 13.8. The number of nitrogens with one attached hydrogen (secondary N) is 1. The predicted molar refractivity (Wildman–Crippen MR) is 74.8 cm³/mol. The van der Waals surface area contributed by atoms with Gasteiger partial charge in [-0.15, -0.1) is 0 Å². The van der Waals surface area contributed by atoms with Crippen molar-refractivity contribution in [2.45, 2.75) is 17.9 Å². The minimum Gasteiger partial charge on any atom is -0.376 e. The molecule has 1 N–H and O–H groups in total. The molecule has 0 amide bonds. The minimum absolute atomic E-state index is 0.0831. The highest BCUT2D eigenvalue weighted by atomic mass is 32.2. The molecule has 20 heavy (non-hydrogen) atoms. The Morgan fingerprint density at radius 2 is 2.10 bits per heavy atom. The van der Waals surface area contributed by atoms with Gasteiger partial charge >= 0.3 is 0 Å². The number of aromatic nitrogens is 2. The monoisotopic (exact) mass is 297 g/mol. The van der Waals surface area contributed by atoms with Crippen LogP contribution < -0.4 is 5.32 Å².